The Hall–Kier alpha value is -6.46. The molecule has 4 aliphatic heterocycles. The molecule has 10 rings (SSSR count). The van der Waals surface area contributed by atoms with E-state index in [1.165, 1.54) is 12.1 Å². The zero-order valence-electron chi connectivity index (χ0n) is 29.1. The molecule has 0 aromatic carbocycles. The molecule has 0 saturated carbocycles. The summed E-state index contributed by atoms with van der Waals surface area (Å²) in [5.41, 5.74) is 10.2. The largest absolute Gasteiger partial charge is 2.00 e. The molecule has 16 bridgehead atoms. The fourth-order valence-electron chi connectivity index (χ4n) is 6.40. The maximum absolute atomic E-state index is 11.7. The Labute approximate surface area is 334 Å². The molecular formula is C40H26FeN8O6S2. The van der Waals surface area contributed by atoms with E-state index in [4.69, 9.17) is 0 Å². The van der Waals surface area contributed by atoms with Gasteiger partial charge in [0, 0.05) is 33.1 Å². The fourth-order valence-corrected chi connectivity index (χ4v) is 7.70. The maximum atomic E-state index is 11.7. The first-order chi connectivity index (χ1) is 26.8. The van der Waals surface area contributed by atoms with Crippen LogP contribution in [0, 0.1) is 0 Å². The second-order valence-electron chi connectivity index (χ2n) is 13.0. The van der Waals surface area contributed by atoms with Crippen molar-refractivity contribution in [3.8, 4) is 0 Å². The van der Waals surface area contributed by atoms with Gasteiger partial charge in [0.25, 0.3) is 0 Å². The smallest absolute Gasteiger partial charge is 0.744 e. The van der Waals surface area contributed by atoms with Crippen LogP contribution in [-0.4, -0.2) is 65.8 Å². The molecular weight excluding hydrogens is 808 g/mol. The second-order valence-corrected chi connectivity index (χ2v) is 15.7. The average molecular weight is 835 g/mol. The quantitative estimate of drug-likeness (QED) is 0.102. The van der Waals surface area contributed by atoms with Crippen LogP contribution >= 0.6 is 0 Å². The van der Waals surface area contributed by atoms with E-state index >= 15 is 0 Å². The average Bonchev–Trinajstić information content (AvgIpc) is 3.97. The first kappa shape index (κ1) is 37.5. The van der Waals surface area contributed by atoms with Gasteiger partial charge in [-0.05, 0) is 134 Å². The number of hydrogen-bond donors (Lipinski definition) is 4. The van der Waals surface area contributed by atoms with Gasteiger partial charge < -0.3 is 29.0 Å². The minimum absolute atomic E-state index is 0. The van der Waals surface area contributed by atoms with Gasteiger partial charge in [-0.2, -0.15) is 0 Å². The zero-order valence-corrected chi connectivity index (χ0v) is 31.8. The zero-order chi connectivity index (χ0) is 38.6. The summed E-state index contributed by atoms with van der Waals surface area (Å²) < 4.78 is 70.1. The molecule has 17 heteroatoms. The van der Waals surface area contributed by atoms with Gasteiger partial charge in [0.1, 0.15) is 20.2 Å². The molecule has 4 aliphatic rings. The Morgan fingerprint density at radius 3 is 0.860 bits per heavy atom. The van der Waals surface area contributed by atoms with Crippen LogP contribution in [0.5, 0.6) is 0 Å². The normalized spacial score (nSPS) is 12.9. The first-order valence-electron chi connectivity index (χ1n) is 16.9. The van der Waals surface area contributed by atoms with E-state index in [0.29, 0.717) is 45.2 Å². The number of aromatic amines is 4. The van der Waals surface area contributed by atoms with E-state index in [1.54, 1.807) is 36.4 Å². The van der Waals surface area contributed by atoms with Gasteiger partial charge in [0.15, 0.2) is 0 Å². The van der Waals surface area contributed by atoms with Crippen LogP contribution in [0.2, 0.25) is 0 Å². The Morgan fingerprint density at radius 1 is 0.351 bits per heavy atom. The van der Waals surface area contributed by atoms with Crippen molar-refractivity contribution in [1.29, 1.82) is 0 Å². The van der Waals surface area contributed by atoms with Gasteiger partial charge in [-0.3, -0.25) is 0 Å². The number of hydrogen-bond acceptors (Lipinski definition) is 10. The number of nitrogens with one attached hydrogen (secondary N) is 4. The van der Waals surface area contributed by atoms with Gasteiger partial charge >= 0.3 is 17.1 Å². The molecule has 0 fully saturated rings. The van der Waals surface area contributed by atoms with Crippen LogP contribution in [0.3, 0.4) is 0 Å². The van der Waals surface area contributed by atoms with Crippen molar-refractivity contribution in [3.05, 3.63) is 130 Å². The molecule has 0 atom stereocenters. The standard InChI is InChI=1S/2C20H14N4O3S.Fe/c2*25-28(26,27)20-11-18-9-16-4-3-14(22-16)7-12-1-2-13(21-12)8-15-5-6-17(23-15)10-19(20)24-18;/h2*1-11,21,24H,(H,25,26,27);/q;;+2/p-2. The van der Waals surface area contributed by atoms with Crippen LogP contribution in [-0.2, 0) is 37.3 Å². The van der Waals surface area contributed by atoms with Crippen molar-refractivity contribution < 1.29 is 43.0 Å². The Balaban J connectivity index is 0.000000157. The van der Waals surface area contributed by atoms with Crippen molar-refractivity contribution in [2.24, 2.45) is 0 Å². The van der Waals surface area contributed by atoms with Crippen LogP contribution in [0.15, 0.2) is 94.7 Å². The van der Waals surface area contributed by atoms with E-state index in [2.05, 4.69) is 39.9 Å². The third-order valence-corrected chi connectivity index (χ3v) is 10.6. The number of H-pyrrole nitrogens is 4. The molecule has 0 unspecified atom stereocenters. The van der Waals surface area contributed by atoms with Crippen molar-refractivity contribution in [2.45, 2.75) is 9.79 Å². The molecule has 0 spiro atoms. The molecule has 0 radical (unpaired) electrons. The van der Waals surface area contributed by atoms with Gasteiger partial charge in [-0.1, -0.05) is 0 Å². The summed E-state index contributed by atoms with van der Waals surface area (Å²) in [6.45, 7) is 0. The van der Waals surface area contributed by atoms with Crippen molar-refractivity contribution in [3.63, 3.8) is 0 Å². The predicted octanol–water partition coefficient (Wildman–Crippen LogP) is 7.12. The predicted molar refractivity (Wildman–Crippen MR) is 214 cm³/mol. The molecule has 4 N–H and O–H groups in total. The number of fused-ring (bicyclic) bond motifs is 16. The summed E-state index contributed by atoms with van der Waals surface area (Å²) in [5, 5.41) is 0. The molecule has 0 amide bonds. The molecule has 57 heavy (non-hydrogen) atoms. The van der Waals surface area contributed by atoms with Crippen LogP contribution < -0.4 is 0 Å². The molecule has 0 aliphatic carbocycles. The third kappa shape index (κ3) is 8.39. The minimum Gasteiger partial charge on any atom is -0.744 e. The van der Waals surface area contributed by atoms with Crippen LogP contribution in [0.4, 0.5) is 0 Å². The minimum atomic E-state index is -4.65. The number of rotatable bonds is 2. The fraction of sp³-hybridized carbons (Fsp3) is 0. The molecule has 282 valence electrons. The number of nitrogens with zero attached hydrogens (tertiary/aromatic N) is 4. The summed E-state index contributed by atoms with van der Waals surface area (Å²) in [4.78, 5) is 29.8. The topological polar surface area (TPSA) is 229 Å². The Kier molecular flexibility index (Phi) is 9.57. The molecule has 0 saturated heterocycles. The number of aromatic nitrogens is 8. The third-order valence-electron chi connectivity index (χ3n) is 8.80. The van der Waals surface area contributed by atoms with Crippen molar-refractivity contribution in [2.75, 3.05) is 0 Å². The second kappa shape index (κ2) is 14.6. The van der Waals surface area contributed by atoms with Crippen LogP contribution in [0.1, 0.15) is 45.6 Å². The summed E-state index contributed by atoms with van der Waals surface area (Å²) in [5.74, 6) is 0. The summed E-state index contributed by atoms with van der Waals surface area (Å²) >= 11 is 0. The van der Waals surface area contributed by atoms with Gasteiger partial charge in [0.2, 0.25) is 0 Å². The Bertz CT molecular complexity index is 3120. The van der Waals surface area contributed by atoms with E-state index in [0.717, 1.165) is 33.5 Å². The Morgan fingerprint density at radius 2 is 0.596 bits per heavy atom. The maximum Gasteiger partial charge on any atom is 2.00 e. The van der Waals surface area contributed by atoms with Gasteiger partial charge in [0.05, 0.1) is 66.4 Å². The molecule has 14 nitrogen and oxygen atoms in total. The van der Waals surface area contributed by atoms with Gasteiger partial charge in [-0.25, -0.2) is 36.8 Å². The van der Waals surface area contributed by atoms with Crippen molar-refractivity contribution >= 4 is 113 Å². The SMILES string of the molecule is O=S(=O)([O-])c1cc2cc3nc(cc4ccc(cc5nc(cc1[nH]2)C=C5)[nH]4)C=C3.O=S(=O)([O-])c1cc2cc3nc(cc4ccc(cc5nc(cc1[nH]2)C=C5)[nH]4)C=C3.[Fe+2]. The van der Waals surface area contributed by atoms with E-state index in [9.17, 15) is 25.9 Å². The summed E-state index contributed by atoms with van der Waals surface area (Å²) in [7, 11) is -9.29. The van der Waals surface area contributed by atoms with Gasteiger partial charge in [-0.15, -0.1) is 0 Å². The van der Waals surface area contributed by atoms with Crippen LogP contribution in [0.25, 0.3) is 92.7 Å². The molecule has 6 aromatic heterocycles. The molecule has 6 aromatic rings. The van der Waals surface area contributed by atoms with E-state index in [1.807, 2.05) is 85.0 Å². The van der Waals surface area contributed by atoms with E-state index < -0.39 is 20.2 Å². The van der Waals surface area contributed by atoms with Crippen molar-refractivity contribution in [1.82, 2.24) is 39.9 Å². The summed E-state index contributed by atoms with van der Waals surface area (Å²) in [6.07, 6.45) is 14.5. The first-order valence-corrected chi connectivity index (χ1v) is 19.8. The van der Waals surface area contributed by atoms with E-state index in [-0.39, 0.29) is 37.9 Å². The monoisotopic (exact) mass is 834 g/mol. The molecule has 10 heterocycles. The summed E-state index contributed by atoms with van der Waals surface area (Å²) in [6, 6.07) is 24.5.